The maximum atomic E-state index is 12.6. The average Bonchev–Trinajstić information content (AvgIpc) is 3.13. The van der Waals surface area contributed by atoms with E-state index in [9.17, 15) is 14.4 Å². The zero-order valence-corrected chi connectivity index (χ0v) is 17.6. The third-order valence-electron chi connectivity index (χ3n) is 4.60. The van der Waals surface area contributed by atoms with Gasteiger partial charge in [-0.25, -0.2) is 0 Å². The Hall–Kier alpha value is -3.56. The number of carbonyl (C=O) groups is 3. The highest BCUT2D eigenvalue weighted by atomic mass is 16.5. The minimum atomic E-state index is -0.326. The number of hydrogen-bond donors (Lipinski definition) is 1. The van der Waals surface area contributed by atoms with Crippen molar-refractivity contribution in [2.45, 2.75) is 0 Å². The number of carbonyl (C=O) groups excluding carboxylic acids is 3. The molecular weight excluding hydrogens is 414 g/mol. The third-order valence-corrected chi connectivity index (χ3v) is 4.60. The van der Waals surface area contributed by atoms with Gasteiger partial charge in [0.05, 0.1) is 33.0 Å². The summed E-state index contributed by atoms with van der Waals surface area (Å²) in [6.45, 7) is 5.74. The van der Waals surface area contributed by atoms with Crippen LogP contribution < -0.4 is 10.1 Å². The molecule has 9 nitrogen and oxygen atoms in total. The van der Waals surface area contributed by atoms with Gasteiger partial charge in [-0.15, -0.1) is 0 Å². The first-order valence-electron chi connectivity index (χ1n) is 10.2. The van der Waals surface area contributed by atoms with Crippen molar-refractivity contribution in [3.63, 3.8) is 0 Å². The van der Waals surface area contributed by atoms with Crippen LogP contribution in [0.5, 0.6) is 5.75 Å². The van der Waals surface area contributed by atoms with E-state index in [1.165, 1.54) is 12.2 Å². The van der Waals surface area contributed by atoms with Crippen molar-refractivity contribution >= 4 is 28.6 Å². The normalized spacial score (nSPS) is 13.1. The first kappa shape index (κ1) is 23.1. The molecule has 3 amide bonds. The predicted molar refractivity (Wildman–Crippen MR) is 117 cm³/mol. The minimum absolute atomic E-state index is 0.209. The van der Waals surface area contributed by atoms with Crippen LogP contribution in [0, 0.1) is 0 Å². The van der Waals surface area contributed by atoms with E-state index >= 15 is 0 Å². The smallest absolute Gasteiger partial charge is 0.253 e. The fraction of sp³-hybridized carbons (Fsp3) is 0.304. The molecule has 3 rings (SSSR count). The predicted octanol–water partition coefficient (Wildman–Crippen LogP) is 1.49. The number of aromatic nitrogens is 1. The standard InChI is InChI=1S/C23H25N3O6/c1-2-12-32-19-6-5-18(17-4-3-9-24-22(17)19)23(29)25-10-13-30-15-16-31-14-11-26-20(27)7-8-21(26)28/h2-9H,1,10-16H2,(H,25,29). The molecule has 0 unspecified atom stereocenters. The Labute approximate surface area is 185 Å². The highest BCUT2D eigenvalue weighted by Crippen LogP contribution is 2.26. The van der Waals surface area contributed by atoms with Gasteiger partial charge in [0.15, 0.2) is 0 Å². The van der Waals surface area contributed by atoms with Crippen LogP contribution in [-0.4, -0.2) is 73.7 Å². The van der Waals surface area contributed by atoms with Crippen LogP contribution >= 0.6 is 0 Å². The van der Waals surface area contributed by atoms with Crippen molar-refractivity contribution in [1.82, 2.24) is 15.2 Å². The molecule has 1 aromatic carbocycles. The molecule has 1 N–H and O–H groups in total. The van der Waals surface area contributed by atoms with Crippen LogP contribution in [0.25, 0.3) is 10.9 Å². The molecule has 1 aliphatic heterocycles. The number of ether oxygens (including phenoxy) is 3. The van der Waals surface area contributed by atoms with Gasteiger partial charge in [0.2, 0.25) is 0 Å². The van der Waals surface area contributed by atoms with E-state index in [2.05, 4.69) is 16.9 Å². The number of amides is 3. The SMILES string of the molecule is C=CCOc1ccc(C(=O)NCCOCCOCCN2C(=O)C=CC2=O)c2cccnc12. The van der Waals surface area contributed by atoms with Crippen LogP contribution in [0.2, 0.25) is 0 Å². The van der Waals surface area contributed by atoms with Gasteiger partial charge in [-0.05, 0) is 18.2 Å². The number of imide groups is 1. The van der Waals surface area contributed by atoms with Crippen molar-refractivity contribution in [3.05, 3.63) is 60.8 Å². The molecule has 2 heterocycles. The molecule has 0 bridgehead atoms. The van der Waals surface area contributed by atoms with Gasteiger partial charge in [0.25, 0.3) is 17.7 Å². The molecule has 0 aliphatic carbocycles. The molecule has 0 spiro atoms. The van der Waals surface area contributed by atoms with E-state index in [1.807, 2.05) is 6.07 Å². The molecule has 2 aromatic rings. The Balaban J connectivity index is 1.35. The molecule has 32 heavy (non-hydrogen) atoms. The van der Waals surface area contributed by atoms with Gasteiger partial charge in [0, 0.05) is 35.8 Å². The van der Waals surface area contributed by atoms with Gasteiger partial charge < -0.3 is 19.5 Å². The number of hydrogen-bond acceptors (Lipinski definition) is 7. The maximum absolute atomic E-state index is 12.6. The van der Waals surface area contributed by atoms with Crippen molar-refractivity contribution in [1.29, 1.82) is 0 Å². The lowest BCUT2D eigenvalue weighted by molar-refractivity contribution is -0.137. The summed E-state index contributed by atoms with van der Waals surface area (Å²) in [6.07, 6.45) is 5.78. The molecule has 0 saturated carbocycles. The highest BCUT2D eigenvalue weighted by Gasteiger charge is 2.22. The van der Waals surface area contributed by atoms with Gasteiger partial charge in [-0.2, -0.15) is 0 Å². The lowest BCUT2D eigenvalue weighted by atomic mass is 10.1. The minimum Gasteiger partial charge on any atom is -0.487 e. The summed E-state index contributed by atoms with van der Waals surface area (Å²) in [4.78, 5) is 40.9. The van der Waals surface area contributed by atoms with Crippen LogP contribution in [-0.2, 0) is 19.1 Å². The average molecular weight is 439 g/mol. The second-order valence-corrected chi connectivity index (χ2v) is 6.75. The summed E-state index contributed by atoms with van der Waals surface area (Å²) < 4.78 is 16.4. The third kappa shape index (κ3) is 5.99. The number of rotatable bonds is 13. The first-order valence-corrected chi connectivity index (χ1v) is 10.2. The molecular formula is C23H25N3O6. The van der Waals surface area contributed by atoms with E-state index < -0.39 is 0 Å². The van der Waals surface area contributed by atoms with Gasteiger partial charge >= 0.3 is 0 Å². The van der Waals surface area contributed by atoms with E-state index in [4.69, 9.17) is 14.2 Å². The summed E-state index contributed by atoms with van der Waals surface area (Å²) in [5.41, 5.74) is 1.12. The number of fused-ring (bicyclic) bond motifs is 1. The van der Waals surface area contributed by atoms with Crippen molar-refractivity contribution < 1.29 is 28.6 Å². The van der Waals surface area contributed by atoms with Crippen molar-refractivity contribution in [3.8, 4) is 5.75 Å². The Morgan fingerprint density at radius 1 is 1.06 bits per heavy atom. The zero-order valence-electron chi connectivity index (χ0n) is 17.6. The summed E-state index contributed by atoms with van der Waals surface area (Å²) >= 11 is 0. The summed E-state index contributed by atoms with van der Waals surface area (Å²) in [5.74, 6) is -0.289. The topological polar surface area (TPSA) is 107 Å². The lowest BCUT2D eigenvalue weighted by Crippen LogP contribution is -2.33. The molecule has 168 valence electrons. The van der Waals surface area contributed by atoms with Crippen molar-refractivity contribution in [2.75, 3.05) is 46.1 Å². The maximum Gasteiger partial charge on any atom is 0.253 e. The highest BCUT2D eigenvalue weighted by molar-refractivity contribution is 6.12. The van der Waals surface area contributed by atoms with Crippen LogP contribution in [0.3, 0.4) is 0 Å². The Bertz CT molecular complexity index is 1000. The van der Waals surface area contributed by atoms with Crippen LogP contribution in [0.4, 0.5) is 0 Å². The van der Waals surface area contributed by atoms with E-state index in [1.54, 1.807) is 30.5 Å². The molecule has 0 radical (unpaired) electrons. The number of nitrogens with one attached hydrogen (secondary N) is 1. The van der Waals surface area contributed by atoms with Gasteiger partial charge in [-0.1, -0.05) is 18.7 Å². The molecule has 0 fully saturated rings. The summed E-state index contributed by atoms with van der Waals surface area (Å²) in [7, 11) is 0. The second-order valence-electron chi connectivity index (χ2n) is 6.75. The Morgan fingerprint density at radius 3 is 2.56 bits per heavy atom. The van der Waals surface area contributed by atoms with E-state index in [-0.39, 0.29) is 30.9 Å². The lowest BCUT2D eigenvalue weighted by Gasteiger charge is -2.13. The second kappa shape index (κ2) is 11.7. The Morgan fingerprint density at radius 2 is 1.81 bits per heavy atom. The fourth-order valence-electron chi connectivity index (χ4n) is 3.07. The van der Waals surface area contributed by atoms with E-state index in [0.717, 1.165) is 4.90 Å². The summed E-state index contributed by atoms with van der Waals surface area (Å²) in [5, 5.41) is 3.52. The number of pyridine rings is 1. The van der Waals surface area contributed by atoms with Gasteiger partial charge in [-0.3, -0.25) is 24.3 Å². The first-order chi connectivity index (χ1) is 15.6. The fourth-order valence-corrected chi connectivity index (χ4v) is 3.07. The van der Waals surface area contributed by atoms with E-state index in [0.29, 0.717) is 55.2 Å². The number of nitrogens with zero attached hydrogens (tertiary/aromatic N) is 2. The Kier molecular flexibility index (Phi) is 8.47. The molecule has 0 saturated heterocycles. The largest absolute Gasteiger partial charge is 0.487 e. The number of benzene rings is 1. The van der Waals surface area contributed by atoms with Crippen LogP contribution in [0.1, 0.15) is 10.4 Å². The summed E-state index contributed by atoms with van der Waals surface area (Å²) in [6, 6.07) is 7.02. The zero-order chi connectivity index (χ0) is 22.8. The molecule has 1 aromatic heterocycles. The molecule has 1 aliphatic rings. The van der Waals surface area contributed by atoms with Crippen LogP contribution in [0.15, 0.2) is 55.3 Å². The quantitative estimate of drug-likeness (QED) is 0.286. The monoisotopic (exact) mass is 439 g/mol. The van der Waals surface area contributed by atoms with Gasteiger partial charge in [0.1, 0.15) is 17.9 Å². The van der Waals surface area contributed by atoms with Crippen molar-refractivity contribution in [2.24, 2.45) is 0 Å². The molecule has 9 heteroatoms. The molecule has 0 atom stereocenters.